The van der Waals surface area contributed by atoms with Gasteiger partial charge in [0.05, 0.1) is 0 Å². The summed E-state index contributed by atoms with van der Waals surface area (Å²) >= 11 is 3.56. The zero-order valence-corrected chi connectivity index (χ0v) is 12.9. The van der Waals surface area contributed by atoms with Crippen LogP contribution in [0.25, 0.3) is 0 Å². The molecule has 0 aliphatic rings. The molecule has 0 saturated carbocycles. The molecule has 0 aromatic heterocycles. The third kappa shape index (κ3) is 4.39. The lowest BCUT2D eigenvalue weighted by molar-refractivity contribution is 0.763. The lowest BCUT2D eigenvalue weighted by atomic mass is 10.1. The minimum Gasteiger partial charge on any atom is -0.385 e. The molecule has 19 heavy (non-hydrogen) atoms. The van der Waals surface area contributed by atoms with Crippen LogP contribution in [0.1, 0.15) is 24.0 Å². The van der Waals surface area contributed by atoms with Crippen molar-refractivity contribution >= 4 is 21.6 Å². The standard InChI is InChI=1S/C17H20BrN/c1-14-16(18)11-7-12-17(14)19-13-6-5-10-15-8-3-2-4-9-15/h2-4,7-9,11-12,19H,5-6,10,13H2,1H3. The Morgan fingerprint density at radius 1 is 0.947 bits per heavy atom. The van der Waals surface area contributed by atoms with E-state index in [-0.39, 0.29) is 0 Å². The monoisotopic (exact) mass is 317 g/mol. The van der Waals surface area contributed by atoms with E-state index in [9.17, 15) is 0 Å². The van der Waals surface area contributed by atoms with Gasteiger partial charge in [-0.25, -0.2) is 0 Å². The van der Waals surface area contributed by atoms with Crippen LogP contribution in [-0.4, -0.2) is 6.54 Å². The smallest absolute Gasteiger partial charge is 0.0381 e. The van der Waals surface area contributed by atoms with Crippen molar-refractivity contribution in [3.8, 4) is 0 Å². The van der Waals surface area contributed by atoms with E-state index in [2.05, 4.69) is 76.7 Å². The summed E-state index contributed by atoms with van der Waals surface area (Å²) in [5.41, 5.74) is 3.95. The molecular formula is C17H20BrN. The fourth-order valence-electron chi connectivity index (χ4n) is 2.12. The van der Waals surface area contributed by atoms with E-state index < -0.39 is 0 Å². The van der Waals surface area contributed by atoms with Crippen molar-refractivity contribution in [3.05, 3.63) is 64.1 Å². The summed E-state index contributed by atoms with van der Waals surface area (Å²) in [7, 11) is 0. The van der Waals surface area contributed by atoms with Gasteiger partial charge in [0.1, 0.15) is 0 Å². The van der Waals surface area contributed by atoms with E-state index in [1.54, 1.807) is 0 Å². The molecule has 0 bridgehead atoms. The molecule has 0 fully saturated rings. The zero-order valence-electron chi connectivity index (χ0n) is 11.3. The highest BCUT2D eigenvalue weighted by Gasteiger charge is 2.00. The van der Waals surface area contributed by atoms with Crippen molar-refractivity contribution in [1.82, 2.24) is 0 Å². The molecule has 0 aliphatic carbocycles. The van der Waals surface area contributed by atoms with Gasteiger partial charge in [0.2, 0.25) is 0 Å². The lowest BCUT2D eigenvalue weighted by Gasteiger charge is -2.10. The van der Waals surface area contributed by atoms with E-state index in [1.807, 2.05) is 0 Å². The molecule has 0 unspecified atom stereocenters. The minimum absolute atomic E-state index is 1.03. The summed E-state index contributed by atoms with van der Waals surface area (Å²) in [6.07, 6.45) is 3.59. The number of hydrogen-bond donors (Lipinski definition) is 1. The van der Waals surface area contributed by atoms with Crippen molar-refractivity contribution in [2.24, 2.45) is 0 Å². The quantitative estimate of drug-likeness (QED) is 0.723. The summed E-state index contributed by atoms with van der Waals surface area (Å²) in [5.74, 6) is 0. The molecule has 0 aliphatic heterocycles. The van der Waals surface area contributed by atoms with E-state index in [4.69, 9.17) is 0 Å². The molecule has 2 rings (SSSR count). The molecule has 0 atom stereocenters. The van der Waals surface area contributed by atoms with E-state index in [0.717, 1.165) is 6.54 Å². The summed E-state index contributed by atoms with van der Waals surface area (Å²) in [6, 6.07) is 17.0. The number of hydrogen-bond acceptors (Lipinski definition) is 1. The van der Waals surface area contributed by atoms with Crippen LogP contribution >= 0.6 is 15.9 Å². The Labute approximate surface area is 124 Å². The van der Waals surface area contributed by atoms with Gasteiger partial charge in [0.25, 0.3) is 0 Å². The summed E-state index contributed by atoms with van der Waals surface area (Å²) in [4.78, 5) is 0. The van der Waals surface area contributed by atoms with Crippen LogP contribution in [0.3, 0.4) is 0 Å². The van der Waals surface area contributed by atoms with Crippen molar-refractivity contribution in [1.29, 1.82) is 0 Å². The first kappa shape index (κ1) is 14.1. The van der Waals surface area contributed by atoms with Gasteiger partial charge in [-0.1, -0.05) is 52.3 Å². The molecule has 100 valence electrons. The van der Waals surface area contributed by atoms with Gasteiger partial charge in [0, 0.05) is 16.7 Å². The van der Waals surface area contributed by atoms with Crippen LogP contribution in [0, 0.1) is 6.92 Å². The molecule has 0 amide bonds. The van der Waals surface area contributed by atoms with E-state index in [0.29, 0.717) is 0 Å². The number of benzene rings is 2. The number of unbranched alkanes of at least 4 members (excludes halogenated alkanes) is 1. The Hall–Kier alpha value is -1.28. The first-order valence-electron chi connectivity index (χ1n) is 6.80. The highest BCUT2D eigenvalue weighted by atomic mass is 79.9. The molecule has 0 radical (unpaired) electrons. The average Bonchev–Trinajstić information content (AvgIpc) is 2.44. The summed E-state index contributed by atoms with van der Waals surface area (Å²) < 4.78 is 1.17. The number of aryl methyl sites for hydroxylation is 1. The molecule has 1 N–H and O–H groups in total. The van der Waals surface area contributed by atoms with Gasteiger partial charge in [0.15, 0.2) is 0 Å². The van der Waals surface area contributed by atoms with Gasteiger partial charge in [-0.2, -0.15) is 0 Å². The van der Waals surface area contributed by atoms with Crippen LogP contribution in [0.5, 0.6) is 0 Å². The molecule has 2 aromatic rings. The van der Waals surface area contributed by atoms with Crippen molar-refractivity contribution in [3.63, 3.8) is 0 Å². The Morgan fingerprint density at radius 2 is 1.74 bits per heavy atom. The fourth-order valence-corrected chi connectivity index (χ4v) is 2.49. The molecule has 0 heterocycles. The predicted octanol–water partition coefficient (Wildman–Crippen LogP) is 5.19. The van der Waals surface area contributed by atoms with Crippen LogP contribution in [0.4, 0.5) is 5.69 Å². The van der Waals surface area contributed by atoms with E-state index >= 15 is 0 Å². The largest absolute Gasteiger partial charge is 0.385 e. The van der Waals surface area contributed by atoms with Gasteiger partial charge in [-0.05, 0) is 49.4 Å². The maximum absolute atomic E-state index is 3.56. The zero-order chi connectivity index (χ0) is 13.5. The summed E-state index contributed by atoms with van der Waals surface area (Å²) in [6.45, 7) is 3.17. The molecule has 1 nitrogen and oxygen atoms in total. The maximum atomic E-state index is 3.56. The fraction of sp³-hybridized carbons (Fsp3) is 0.294. The van der Waals surface area contributed by atoms with Crippen LogP contribution in [-0.2, 0) is 6.42 Å². The molecule has 2 aromatic carbocycles. The lowest BCUT2D eigenvalue weighted by Crippen LogP contribution is -2.03. The van der Waals surface area contributed by atoms with Crippen molar-refractivity contribution in [2.45, 2.75) is 26.2 Å². The normalized spacial score (nSPS) is 10.4. The highest BCUT2D eigenvalue weighted by Crippen LogP contribution is 2.23. The highest BCUT2D eigenvalue weighted by molar-refractivity contribution is 9.10. The van der Waals surface area contributed by atoms with Crippen molar-refractivity contribution in [2.75, 3.05) is 11.9 Å². The Morgan fingerprint density at radius 3 is 2.53 bits per heavy atom. The first-order valence-corrected chi connectivity index (χ1v) is 7.59. The third-order valence-electron chi connectivity index (χ3n) is 3.32. The van der Waals surface area contributed by atoms with Gasteiger partial charge in [-0.3, -0.25) is 0 Å². The third-order valence-corrected chi connectivity index (χ3v) is 4.18. The second-order valence-corrected chi connectivity index (χ2v) is 5.64. The van der Waals surface area contributed by atoms with Crippen LogP contribution in [0.15, 0.2) is 53.0 Å². The number of halogens is 1. The topological polar surface area (TPSA) is 12.0 Å². The minimum atomic E-state index is 1.03. The Kier molecular flexibility index (Phi) is 5.46. The number of nitrogens with one attached hydrogen (secondary N) is 1. The molecular weight excluding hydrogens is 298 g/mol. The maximum Gasteiger partial charge on any atom is 0.0381 e. The van der Waals surface area contributed by atoms with Gasteiger partial charge in [-0.15, -0.1) is 0 Å². The molecule has 0 saturated heterocycles. The first-order chi connectivity index (χ1) is 9.27. The SMILES string of the molecule is Cc1c(Br)cccc1NCCCCc1ccccc1. The van der Waals surface area contributed by atoms with Gasteiger partial charge < -0.3 is 5.32 Å². The number of rotatable bonds is 6. The van der Waals surface area contributed by atoms with E-state index in [1.165, 1.54) is 40.5 Å². The average molecular weight is 318 g/mol. The molecule has 2 heteroatoms. The Balaban J connectivity index is 1.71. The van der Waals surface area contributed by atoms with Crippen molar-refractivity contribution < 1.29 is 0 Å². The summed E-state index contributed by atoms with van der Waals surface area (Å²) in [5, 5.41) is 3.51. The second-order valence-electron chi connectivity index (χ2n) is 4.78. The second kappa shape index (κ2) is 7.34. The van der Waals surface area contributed by atoms with Crippen LogP contribution in [0.2, 0.25) is 0 Å². The molecule has 0 spiro atoms. The van der Waals surface area contributed by atoms with Crippen LogP contribution < -0.4 is 5.32 Å². The predicted molar refractivity (Wildman–Crippen MR) is 86.7 cm³/mol. The number of anilines is 1. The Bertz CT molecular complexity index is 508. The van der Waals surface area contributed by atoms with Gasteiger partial charge >= 0.3 is 0 Å².